The van der Waals surface area contributed by atoms with Gasteiger partial charge >= 0.3 is 11.8 Å². The third kappa shape index (κ3) is 4.15. The Morgan fingerprint density at radius 2 is 1.56 bits per heavy atom. The number of nitrogens with one attached hydrogen (secondary N) is 2. The molecule has 25 heavy (non-hydrogen) atoms. The number of anilines is 3. The minimum Gasteiger partial charge on any atom is -0.372 e. The van der Waals surface area contributed by atoms with Gasteiger partial charge in [-0.25, -0.2) is 0 Å². The number of nitriles is 1. The van der Waals surface area contributed by atoms with Gasteiger partial charge in [0, 0.05) is 30.2 Å². The van der Waals surface area contributed by atoms with Crippen LogP contribution in [0, 0.1) is 11.3 Å². The Kier molecular flexibility index (Phi) is 4.95. The molecule has 1 aliphatic rings. The molecule has 2 N–H and O–H groups in total. The fourth-order valence-corrected chi connectivity index (χ4v) is 2.77. The Hall–Kier alpha value is -3.33. The molecule has 6 nitrogen and oxygen atoms in total. The Labute approximate surface area is 146 Å². The maximum Gasteiger partial charge on any atom is 0.314 e. The van der Waals surface area contributed by atoms with E-state index in [2.05, 4.69) is 15.5 Å². The molecule has 3 rings (SSSR count). The first-order valence-corrected chi connectivity index (χ1v) is 8.13. The number of hydrogen-bond acceptors (Lipinski definition) is 4. The summed E-state index contributed by atoms with van der Waals surface area (Å²) in [6, 6.07) is 15.8. The standard InChI is InChI=1S/C19H18N4O2/c20-13-14-4-3-5-16(12-14)22-19(25)18(24)21-15-6-8-17(9-7-15)23-10-1-2-11-23/h3-9,12H,1-2,10-11H2,(H,21,24)(H,22,25). The average Bonchev–Trinajstić information content (AvgIpc) is 3.17. The summed E-state index contributed by atoms with van der Waals surface area (Å²) < 4.78 is 0. The highest BCUT2D eigenvalue weighted by Gasteiger charge is 2.15. The highest BCUT2D eigenvalue weighted by atomic mass is 16.2. The van der Waals surface area contributed by atoms with E-state index in [9.17, 15) is 9.59 Å². The predicted molar refractivity (Wildman–Crippen MR) is 96.3 cm³/mol. The van der Waals surface area contributed by atoms with Crippen LogP contribution in [0.4, 0.5) is 17.1 Å². The fraction of sp³-hybridized carbons (Fsp3) is 0.211. The molecule has 0 unspecified atom stereocenters. The van der Waals surface area contributed by atoms with Crippen molar-refractivity contribution in [3.05, 3.63) is 54.1 Å². The van der Waals surface area contributed by atoms with Gasteiger partial charge in [-0.1, -0.05) is 6.07 Å². The van der Waals surface area contributed by atoms with Crippen molar-refractivity contribution in [1.29, 1.82) is 5.26 Å². The summed E-state index contributed by atoms with van der Waals surface area (Å²) >= 11 is 0. The molecule has 0 atom stereocenters. The summed E-state index contributed by atoms with van der Waals surface area (Å²) in [5.74, 6) is -1.53. The molecule has 1 heterocycles. The van der Waals surface area contributed by atoms with Gasteiger partial charge in [-0.15, -0.1) is 0 Å². The van der Waals surface area contributed by atoms with Gasteiger partial charge in [0.25, 0.3) is 0 Å². The van der Waals surface area contributed by atoms with Crippen molar-refractivity contribution >= 4 is 28.9 Å². The topological polar surface area (TPSA) is 85.2 Å². The van der Waals surface area contributed by atoms with Crippen molar-refractivity contribution in [3.8, 4) is 6.07 Å². The van der Waals surface area contributed by atoms with Gasteiger partial charge in [-0.2, -0.15) is 5.26 Å². The first-order chi connectivity index (χ1) is 12.2. The predicted octanol–water partition coefficient (Wildman–Crippen LogP) is 2.74. The van der Waals surface area contributed by atoms with Gasteiger partial charge in [-0.3, -0.25) is 9.59 Å². The van der Waals surface area contributed by atoms with Gasteiger partial charge in [0.15, 0.2) is 0 Å². The number of carbonyl (C=O) groups excluding carboxylic acids is 2. The Morgan fingerprint density at radius 3 is 2.20 bits per heavy atom. The van der Waals surface area contributed by atoms with Crippen LogP contribution < -0.4 is 15.5 Å². The summed E-state index contributed by atoms with van der Waals surface area (Å²) in [6.07, 6.45) is 2.40. The maximum absolute atomic E-state index is 12.0. The van der Waals surface area contributed by atoms with Crippen molar-refractivity contribution in [2.75, 3.05) is 28.6 Å². The van der Waals surface area contributed by atoms with E-state index >= 15 is 0 Å². The number of amides is 2. The summed E-state index contributed by atoms with van der Waals surface area (Å²) in [5, 5.41) is 13.9. The monoisotopic (exact) mass is 334 g/mol. The van der Waals surface area contributed by atoms with Crippen LogP contribution in [-0.4, -0.2) is 24.9 Å². The first kappa shape index (κ1) is 16.5. The molecular formula is C19H18N4O2. The van der Waals surface area contributed by atoms with Crippen LogP contribution in [-0.2, 0) is 9.59 Å². The van der Waals surface area contributed by atoms with Crippen LogP contribution >= 0.6 is 0 Å². The van der Waals surface area contributed by atoms with Gasteiger partial charge in [0.1, 0.15) is 0 Å². The van der Waals surface area contributed by atoms with E-state index in [1.54, 1.807) is 30.3 Å². The Balaban J connectivity index is 1.59. The smallest absolute Gasteiger partial charge is 0.314 e. The molecule has 2 amide bonds. The SMILES string of the molecule is N#Cc1cccc(NC(=O)C(=O)Nc2ccc(N3CCCC3)cc2)c1. The molecule has 0 aliphatic carbocycles. The van der Waals surface area contributed by atoms with E-state index in [0.29, 0.717) is 16.9 Å². The highest BCUT2D eigenvalue weighted by Crippen LogP contribution is 2.22. The molecule has 1 fully saturated rings. The Morgan fingerprint density at radius 1 is 0.920 bits per heavy atom. The number of benzene rings is 2. The lowest BCUT2D eigenvalue weighted by Gasteiger charge is -2.17. The van der Waals surface area contributed by atoms with E-state index in [1.807, 2.05) is 18.2 Å². The van der Waals surface area contributed by atoms with Crippen LogP contribution in [0.25, 0.3) is 0 Å². The molecule has 0 saturated carbocycles. The molecule has 126 valence electrons. The van der Waals surface area contributed by atoms with E-state index in [1.165, 1.54) is 18.9 Å². The lowest BCUT2D eigenvalue weighted by atomic mass is 10.2. The molecule has 0 bridgehead atoms. The lowest BCUT2D eigenvalue weighted by molar-refractivity contribution is -0.132. The maximum atomic E-state index is 12.0. The summed E-state index contributed by atoms with van der Waals surface area (Å²) in [6.45, 7) is 2.10. The minimum atomic E-state index is -0.779. The van der Waals surface area contributed by atoms with Crippen LogP contribution in [0.3, 0.4) is 0 Å². The van der Waals surface area contributed by atoms with Gasteiger partial charge in [0.2, 0.25) is 0 Å². The molecule has 1 aliphatic heterocycles. The molecule has 0 radical (unpaired) electrons. The van der Waals surface area contributed by atoms with Crippen molar-refractivity contribution in [3.63, 3.8) is 0 Å². The zero-order valence-electron chi connectivity index (χ0n) is 13.7. The largest absolute Gasteiger partial charge is 0.372 e. The molecule has 0 aromatic heterocycles. The second kappa shape index (κ2) is 7.49. The van der Waals surface area contributed by atoms with Gasteiger partial charge in [0.05, 0.1) is 11.6 Å². The van der Waals surface area contributed by atoms with E-state index in [4.69, 9.17) is 5.26 Å². The van der Waals surface area contributed by atoms with Gasteiger partial charge < -0.3 is 15.5 Å². The van der Waals surface area contributed by atoms with E-state index in [0.717, 1.165) is 18.8 Å². The van der Waals surface area contributed by atoms with Crippen LogP contribution in [0.5, 0.6) is 0 Å². The molecule has 0 spiro atoms. The number of carbonyl (C=O) groups is 2. The molecule has 2 aromatic rings. The van der Waals surface area contributed by atoms with Crippen LogP contribution in [0.2, 0.25) is 0 Å². The van der Waals surface area contributed by atoms with Crippen LogP contribution in [0.15, 0.2) is 48.5 Å². The number of nitrogens with zero attached hydrogens (tertiary/aromatic N) is 2. The summed E-state index contributed by atoms with van der Waals surface area (Å²) in [4.78, 5) is 26.3. The Bertz CT molecular complexity index is 818. The first-order valence-electron chi connectivity index (χ1n) is 8.13. The zero-order valence-corrected chi connectivity index (χ0v) is 13.7. The van der Waals surface area contributed by atoms with Crippen LogP contribution in [0.1, 0.15) is 18.4 Å². The van der Waals surface area contributed by atoms with Crippen molar-refractivity contribution in [2.45, 2.75) is 12.8 Å². The van der Waals surface area contributed by atoms with Crippen molar-refractivity contribution in [2.24, 2.45) is 0 Å². The lowest BCUT2D eigenvalue weighted by Crippen LogP contribution is -2.29. The van der Waals surface area contributed by atoms with Crippen molar-refractivity contribution in [1.82, 2.24) is 0 Å². The number of hydrogen-bond donors (Lipinski definition) is 2. The quantitative estimate of drug-likeness (QED) is 0.845. The second-order valence-electron chi connectivity index (χ2n) is 5.84. The second-order valence-corrected chi connectivity index (χ2v) is 5.84. The van der Waals surface area contributed by atoms with E-state index in [-0.39, 0.29) is 0 Å². The third-order valence-electron chi connectivity index (χ3n) is 4.05. The molecular weight excluding hydrogens is 316 g/mol. The normalized spacial score (nSPS) is 13.2. The molecule has 2 aromatic carbocycles. The average molecular weight is 334 g/mol. The third-order valence-corrected chi connectivity index (χ3v) is 4.05. The van der Waals surface area contributed by atoms with E-state index < -0.39 is 11.8 Å². The fourth-order valence-electron chi connectivity index (χ4n) is 2.77. The zero-order chi connectivity index (χ0) is 17.6. The molecule has 1 saturated heterocycles. The molecule has 6 heteroatoms. The van der Waals surface area contributed by atoms with Crippen molar-refractivity contribution < 1.29 is 9.59 Å². The summed E-state index contributed by atoms with van der Waals surface area (Å²) in [5.41, 5.74) is 2.50. The summed E-state index contributed by atoms with van der Waals surface area (Å²) in [7, 11) is 0. The highest BCUT2D eigenvalue weighted by molar-refractivity contribution is 6.43. The number of rotatable bonds is 3. The minimum absolute atomic E-state index is 0.406. The van der Waals surface area contributed by atoms with Gasteiger partial charge in [-0.05, 0) is 55.3 Å².